The second-order valence-corrected chi connectivity index (χ2v) is 6.84. The lowest BCUT2D eigenvalue weighted by molar-refractivity contribution is 0.474. The smallest absolute Gasteiger partial charge is 0.134 e. The van der Waals surface area contributed by atoms with Crippen molar-refractivity contribution in [3.8, 4) is 5.75 Å². The summed E-state index contributed by atoms with van der Waals surface area (Å²) >= 11 is 0. The van der Waals surface area contributed by atoms with Crippen LogP contribution in [0.1, 0.15) is 30.9 Å². The molecule has 2 aromatic rings. The summed E-state index contributed by atoms with van der Waals surface area (Å²) in [6, 6.07) is 15.3. The SMILES string of the molecule is CC1(C2=Nc3ccccc3C2)CCC=C1N=C(N)c1ccccc1O. The van der Waals surface area contributed by atoms with Crippen molar-refractivity contribution >= 4 is 17.2 Å². The third kappa shape index (κ3) is 2.64. The molecule has 1 aliphatic heterocycles. The maximum Gasteiger partial charge on any atom is 0.134 e. The summed E-state index contributed by atoms with van der Waals surface area (Å²) in [7, 11) is 0. The molecule has 3 N–H and O–H groups in total. The maximum atomic E-state index is 10.0. The number of allylic oxidation sites excluding steroid dienone is 2. The summed E-state index contributed by atoms with van der Waals surface area (Å²) in [6.45, 7) is 2.19. The zero-order valence-corrected chi connectivity index (χ0v) is 14.2. The summed E-state index contributed by atoms with van der Waals surface area (Å²) in [5.74, 6) is 0.489. The second-order valence-electron chi connectivity index (χ2n) is 6.84. The molecule has 1 aliphatic carbocycles. The first-order valence-corrected chi connectivity index (χ1v) is 8.57. The van der Waals surface area contributed by atoms with E-state index in [9.17, 15) is 5.11 Å². The van der Waals surface area contributed by atoms with E-state index in [-0.39, 0.29) is 11.2 Å². The van der Waals surface area contributed by atoms with Crippen LogP contribution in [0.3, 0.4) is 0 Å². The van der Waals surface area contributed by atoms with Gasteiger partial charge in [-0.2, -0.15) is 0 Å². The number of amidine groups is 1. The van der Waals surface area contributed by atoms with Crippen molar-refractivity contribution in [2.75, 3.05) is 0 Å². The largest absolute Gasteiger partial charge is 0.507 e. The van der Waals surface area contributed by atoms with E-state index in [1.54, 1.807) is 18.2 Å². The van der Waals surface area contributed by atoms with E-state index in [1.807, 2.05) is 12.1 Å². The Morgan fingerprint density at radius 1 is 1.16 bits per heavy atom. The van der Waals surface area contributed by atoms with Crippen molar-refractivity contribution in [1.82, 2.24) is 0 Å². The number of para-hydroxylation sites is 2. The van der Waals surface area contributed by atoms with Gasteiger partial charge in [0.25, 0.3) is 0 Å². The summed E-state index contributed by atoms with van der Waals surface area (Å²) < 4.78 is 0. The van der Waals surface area contributed by atoms with Crippen LogP contribution in [0.4, 0.5) is 5.69 Å². The number of aromatic hydroxyl groups is 1. The van der Waals surface area contributed by atoms with Gasteiger partial charge in [-0.1, -0.05) is 36.4 Å². The first-order valence-electron chi connectivity index (χ1n) is 8.57. The number of aliphatic imine (C=N–C) groups is 2. The standard InChI is InChI=1S/C21H21N3O/c1-21(19-13-14-7-2-4-9-16(14)23-19)12-6-11-18(21)24-20(22)15-8-3-5-10-17(15)25/h2-5,7-11,25H,6,12-13H2,1H3,(H2,22,24). The van der Waals surface area contributed by atoms with Gasteiger partial charge in [0, 0.05) is 17.5 Å². The highest BCUT2D eigenvalue weighted by molar-refractivity contribution is 6.03. The lowest BCUT2D eigenvalue weighted by Crippen LogP contribution is -2.28. The molecule has 0 fully saturated rings. The van der Waals surface area contributed by atoms with Gasteiger partial charge in [-0.3, -0.25) is 4.99 Å². The summed E-state index contributed by atoms with van der Waals surface area (Å²) in [4.78, 5) is 9.55. The number of nitrogens with zero attached hydrogens (tertiary/aromatic N) is 2. The number of rotatable bonds is 3. The molecule has 0 radical (unpaired) electrons. The highest BCUT2D eigenvalue weighted by atomic mass is 16.3. The minimum absolute atomic E-state index is 0.148. The van der Waals surface area contributed by atoms with Crippen LogP contribution < -0.4 is 5.73 Å². The Balaban J connectivity index is 1.67. The molecule has 0 spiro atoms. The molecule has 0 amide bonds. The van der Waals surface area contributed by atoms with Crippen LogP contribution in [0.5, 0.6) is 5.75 Å². The third-order valence-corrected chi connectivity index (χ3v) is 5.21. The highest BCUT2D eigenvalue weighted by Crippen LogP contribution is 2.45. The molecule has 0 saturated heterocycles. The van der Waals surface area contributed by atoms with E-state index in [4.69, 9.17) is 10.7 Å². The molecule has 1 atom stereocenters. The van der Waals surface area contributed by atoms with E-state index in [1.165, 1.54) is 5.56 Å². The Hall–Kier alpha value is -2.88. The van der Waals surface area contributed by atoms with Gasteiger partial charge in [0.2, 0.25) is 0 Å². The van der Waals surface area contributed by atoms with E-state index in [0.29, 0.717) is 11.4 Å². The van der Waals surface area contributed by atoms with Gasteiger partial charge in [0.15, 0.2) is 0 Å². The van der Waals surface area contributed by atoms with E-state index >= 15 is 0 Å². The number of phenolic OH excluding ortho intramolecular Hbond substituents is 1. The second kappa shape index (κ2) is 5.88. The Morgan fingerprint density at radius 3 is 2.72 bits per heavy atom. The zero-order valence-electron chi connectivity index (χ0n) is 14.2. The van der Waals surface area contributed by atoms with Gasteiger partial charge in [0.05, 0.1) is 16.9 Å². The average molecular weight is 331 g/mol. The number of benzene rings is 2. The number of phenols is 1. The molecule has 0 saturated carbocycles. The monoisotopic (exact) mass is 331 g/mol. The molecule has 0 bridgehead atoms. The molecule has 1 unspecified atom stereocenters. The Morgan fingerprint density at radius 2 is 1.92 bits per heavy atom. The molecule has 0 aromatic heterocycles. The van der Waals surface area contributed by atoms with Crippen LogP contribution in [0.2, 0.25) is 0 Å². The van der Waals surface area contributed by atoms with E-state index in [2.05, 4.69) is 36.2 Å². The fourth-order valence-corrected chi connectivity index (χ4v) is 3.65. The van der Waals surface area contributed by atoms with Crippen molar-refractivity contribution < 1.29 is 5.11 Å². The van der Waals surface area contributed by atoms with Crippen LogP contribution in [-0.2, 0) is 6.42 Å². The summed E-state index contributed by atoms with van der Waals surface area (Å²) in [5.41, 5.74) is 11.0. The van der Waals surface area contributed by atoms with E-state index < -0.39 is 0 Å². The molecule has 2 aliphatic rings. The van der Waals surface area contributed by atoms with Crippen LogP contribution in [0.25, 0.3) is 0 Å². The van der Waals surface area contributed by atoms with Crippen molar-refractivity contribution in [2.24, 2.45) is 21.1 Å². The van der Waals surface area contributed by atoms with Crippen LogP contribution in [-0.4, -0.2) is 16.7 Å². The number of hydrogen-bond donors (Lipinski definition) is 2. The van der Waals surface area contributed by atoms with Crippen LogP contribution >= 0.6 is 0 Å². The number of hydrogen-bond acceptors (Lipinski definition) is 3. The van der Waals surface area contributed by atoms with Crippen molar-refractivity contribution in [3.63, 3.8) is 0 Å². The zero-order chi connectivity index (χ0) is 17.4. The van der Waals surface area contributed by atoms with Gasteiger partial charge < -0.3 is 10.8 Å². The Bertz CT molecular complexity index is 926. The minimum atomic E-state index is -0.214. The number of nitrogens with two attached hydrogens (primary N) is 1. The molecule has 25 heavy (non-hydrogen) atoms. The summed E-state index contributed by atoms with van der Waals surface area (Å²) in [6.07, 6.45) is 4.93. The minimum Gasteiger partial charge on any atom is -0.507 e. The highest BCUT2D eigenvalue weighted by Gasteiger charge is 2.39. The molecule has 4 rings (SSSR count). The molecule has 126 valence electrons. The fourth-order valence-electron chi connectivity index (χ4n) is 3.65. The predicted molar refractivity (Wildman–Crippen MR) is 101 cm³/mol. The molecule has 1 heterocycles. The topological polar surface area (TPSA) is 71.0 Å². The van der Waals surface area contributed by atoms with Crippen LogP contribution in [0, 0.1) is 5.41 Å². The lowest BCUT2D eigenvalue weighted by Gasteiger charge is -2.26. The molecular weight excluding hydrogens is 310 g/mol. The Labute approximate surface area is 147 Å². The molecule has 4 heteroatoms. The molecule has 2 aromatic carbocycles. The summed E-state index contributed by atoms with van der Waals surface area (Å²) in [5, 5.41) is 10.0. The molecular formula is C21H21N3O. The lowest BCUT2D eigenvalue weighted by atomic mass is 9.80. The Kier molecular flexibility index (Phi) is 3.68. The normalized spacial score (nSPS) is 22.5. The van der Waals surface area contributed by atoms with Crippen molar-refractivity contribution in [1.29, 1.82) is 0 Å². The van der Waals surface area contributed by atoms with Gasteiger partial charge >= 0.3 is 0 Å². The number of fused-ring (bicyclic) bond motifs is 1. The van der Waals surface area contributed by atoms with E-state index in [0.717, 1.165) is 36.4 Å². The van der Waals surface area contributed by atoms with Gasteiger partial charge in [-0.25, -0.2) is 4.99 Å². The average Bonchev–Trinajstić information content (AvgIpc) is 3.20. The van der Waals surface area contributed by atoms with Gasteiger partial charge in [-0.05, 0) is 43.5 Å². The fraction of sp³-hybridized carbons (Fsp3) is 0.238. The predicted octanol–water partition coefficient (Wildman–Crippen LogP) is 4.11. The first kappa shape index (κ1) is 15.6. The maximum absolute atomic E-state index is 10.0. The quantitative estimate of drug-likeness (QED) is 0.656. The van der Waals surface area contributed by atoms with Gasteiger partial charge in [-0.15, -0.1) is 0 Å². The van der Waals surface area contributed by atoms with Crippen LogP contribution in [0.15, 0.2) is 70.3 Å². The molecule has 4 nitrogen and oxygen atoms in total. The van der Waals surface area contributed by atoms with Gasteiger partial charge in [0.1, 0.15) is 11.6 Å². The third-order valence-electron chi connectivity index (χ3n) is 5.21. The van der Waals surface area contributed by atoms with Crippen molar-refractivity contribution in [2.45, 2.75) is 26.2 Å². The first-order chi connectivity index (χ1) is 12.1. The van der Waals surface area contributed by atoms with Crippen molar-refractivity contribution in [3.05, 3.63) is 71.4 Å².